The molecule has 0 aliphatic rings. The Labute approximate surface area is 209 Å². The summed E-state index contributed by atoms with van der Waals surface area (Å²) in [5.41, 5.74) is 2.11. The summed E-state index contributed by atoms with van der Waals surface area (Å²) in [6, 6.07) is 9.04. The molecular formula is C26H33F3N4O3. The number of carbonyl (C=O) groups is 3. The Balaban J connectivity index is 1.97. The van der Waals surface area contributed by atoms with Gasteiger partial charge in [-0.25, -0.2) is 0 Å². The number of rotatable bonds is 11. The molecule has 0 saturated heterocycles. The smallest absolute Gasteiger partial charge is 0.354 e. The number of benzene rings is 2. The molecule has 0 aliphatic heterocycles. The molecule has 1 atom stereocenters. The fourth-order valence-corrected chi connectivity index (χ4v) is 3.38. The normalized spacial score (nSPS) is 12.2. The summed E-state index contributed by atoms with van der Waals surface area (Å²) in [5, 5.41) is 10.8. The van der Waals surface area contributed by atoms with Gasteiger partial charge in [-0.1, -0.05) is 43.7 Å². The van der Waals surface area contributed by atoms with Crippen molar-refractivity contribution in [2.24, 2.45) is 5.92 Å². The lowest BCUT2D eigenvalue weighted by atomic mass is 10.1. The van der Waals surface area contributed by atoms with E-state index in [0.29, 0.717) is 19.2 Å². The molecule has 3 amide bonds. The Kier molecular flexibility index (Phi) is 10.5. The van der Waals surface area contributed by atoms with E-state index in [4.69, 9.17) is 0 Å². The summed E-state index contributed by atoms with van der Waals surface area (Å²) >= 11 is 0. The van der Waals surface area contributed by atoms with Crippen molar-refractivity contribution < 1.29 is 27.6 Å². The van der Waals surface area contributed by atoms with Crippen LogP contribution in [0.5, 0.6) is 0 Å². The Bertz CT molecular complexity index is 1070. The molecule has 0 saturated carbocycles. The summed E-state index contributed by atoms with van der Waals surface area (Å²) in [5.74, 6) is -1.65. The minimum atomic E-state index is -4.59. The van der Waals surface area contributed by atoms with E-state index in [2.05, 4.69) is 27.3 Å². The van der Waals surface area contributed by atoms with Crippen molar-refractivity contribution in [2.75, 3.05) is 19.6 Å². The van der Waals surface area contributed by atoms with Crippen LogP contribution in [0.3, 0.4) is 0 Å². The third-order valence-corrected chi connectivity index (χ3v) is 5.36. The van der Waals surface area contributed by atoms with Crippen LogP contribution >= 0.6 is 0 Å². The van der Waals surface area contributed by atoms with Crippen molar-refractivity contribution in [2.45, 2.75) is 46.5 Å². The van der Waals surface area contributed by atoms with Gasteiger partial charge in [0.1, 0.15) is 6.04 Å². The molecule has 0 fully saturated rings. The van der Waals surface area contributed by atoms with Crippen molar-refractivity contribution in [3.8, 4) is 0 Å². The quantitative estimate of drug-likeness (QED) is 0.376. The second-order valence-corrected chi connectivity index (χ2v) is 9.08. The molecule has 0 heterocycles. The second-order valence-electron chi connectivity index (χ2n) is 9.08. The molecule has 196 valence electrons. The molecule has 0 spiro atoms. The molecule has 0 aliphatic carbocycles. The number of hydrogen-bond acceptors (Lipinski definition) is 4. The highest BCUT2D eigenvalue weighted by atomic mass is 19.4. The van der Waals surface area contributed by atoms with Crippen LogP contribution in [0.15, 0.2) is 42.5 Å². The van der Waals surface area contributed by atoms with Crippen LogP contribution in [0.2, 0.25) is 0 Å². The van der Waals surface area contributed by atoms with E-state index in [1.807, 2.05) is 39.8 Å². The predicted octanol–water partition coefficient (Wildman–Crippen LogP) is 3.10. The van der Waals surface area contributed by atoms with Gasteiger partial charge < -0.3 is 21.3 Å². The maximum atomic E-state index is 12.9. The van der Waals surface area contributed by atoms with Crippen molar-refractivity contribution in [3.63, 3.8) is 0 Å². The topological polar surface area (TPSA) is 99.3 Å². The number of alkyl halides is 3. The van der Waals surface area contributed by atoms with Crippen LogP contribution in [0.4, 0.5) is 13.2 Å². The van der Waals surface area contributed by atoms with E-state index in [1.165, 1.54) is 6.07 Å². The number of nitrogens with one attached hydrogen (secondary N) is 4. The summed E-state index contributed by atoms with van der Waals surface area (Å²) in [4.78, 5) is 37.4. The van der Waals surface area contributed by atoms with E-state index in [0.717, 1.165) is 28.8 Å². The van der Waals surface area contributed by atoms with E-state index < -0.39 is 36.1 Å². The van der Waals surface area contributed by atoms with Crippen LogP contribution < -0.4 is 21.3 Å². The predicted molar refractivity (Wildman–Crippen MR) is 131 cm³/mol. The maximum absolute atomic E-state index is 12.9. The Morgan fingerprint density at radius 3 is 2.31 bits per heavy atom. The molecule has 7 nitrogen and oxygen atoms in total. The average Bonchev–Trinajstić information content (AvgIpc) is 2.81. The van der Waals surface area contributed by atoms with Crippen LogP contribution in [-0.4, -0.2) is 43.4 Å². The molecule has 0 radical (unpaired) electrons. The molecule has 10 heteroatoms. The summed E-state index contributed by atoms with van der Waals surface area (Å²) in [7, 11) is 0. The van der Waals surface area contributed by atoms with Crippen molar-refractivity contribution in [1.82, 2.24) is 21.3 Å². The van der Waals surface area contributed by atoms with Crippen LogP contribution in [0.1, 0.15) is 46.5 Å². The van der Waals surface area contributed by atoms with Gasteiger partial charge in [0.25, 0.3) is 5.91 Å². The van der Waals surface area contributed by atoms with E-state index >= 15 is 0 Å². The van der Waals surface area contributed by atoms with Crippen LogP contribution in [0, 0.1) is 19.8 Å². The zero-order valence-electron chi connectivity index (χ0n) is 20.9. The second kappa shape index (κ2) is 13.1. The maximum Gasteiger partial charge on any atom is 0.416 e. The lowest BCUT2D eigenvalue weighted by molar-refractivity contribution is -0.137. The van der Waals surface area contributed by atoms with Crippen LogP contribution in [-0.2, 0) is 22.3 Å². The van der Waals surface area contributed by atoms with Gasteiger partial charge >= 0.3 is 6.18 Å². The van der Waals surface area contributed by atoms with Gasteiger partial charge in [-0.15, -0.1) is 0 Å². The van der Waals surface area contributed by atoms with Crippen molar-refractivity contribution in [1.29, 1.82) is 0 Å². The molecule has 2 aromatic carbocycles. The van der Waals surface area contributed by atoms with Gasteiger partial charge in [0.2, 0.25) is 11.8 Å². The minimum absolute atomic E-state index is 0.143. The number of amides is 3. The number of halogens is 3. The molecule has 0 aromatic heterocycles. The summed E-state index contributed by atoms with van der Waals surface area (Å²) in [6.07, 6.45) is -4.59. The first-order chi connectivity index (χ1) is 16.9. The van der Waals surface area contributed by atoms with E-state index in [9.17, 15) is 27.6 Å². The van der Waals surface area contributed by atoms with Crippen molar-refractivity contribution >= 4 is 17.7 Å². The molecule has 2 rings (SSSR count). The highest BCUT2D eigenvalue weighted by molar-refractivity contribution is 5.97. The Morgan fingerprint density at radius 2 is 1.67 bits per heavy atom. The molecule has 0 unspecified atom stereocenters. The van der Waals surface area contributed by atoms with Gasteiger partial charge in [0.15, 0.2) is 0 Å². The zero-order chi connectivity index (χ0) is 26.9. The molecule has 4 N–H and O–H groups in total. The molecule has 36 heavy (non-hydrogen) atoms. The van der Waals surface area contributed by atoms with Gasteiger partial charge in [0.05, 0.1) is 12.1 Å². The SMILES string of the molecule is Cc1ccc(CNC[C@H](NC(=O)CNC(=O)c2cccc(C(F)(F)F)c2)C(=O)NCC(C)C)c(C)c1. The lowest BCUT2D eigenvalue weighted by Gasteiger charge is -2.20. The standard InChI is InChI=1S/C26H33F3N4O3/c1-16(2)12-31-25(36)22(14-30-13-20-9-8-17(3)10-18(20)4)33-23(34)15-32-24(35)19-6-5-7-21(11-19)26(27,28)29/h5-11,16,22,30H,12-15H2,1-4H3,(H,31,36)(H,32,35)(H,33,34)/t22-/m0/s1. The Hall–Kier alpha value is -3.40. The van der Waals surface area contributed by atoms with E-state index in [1.54, 1.807) is 0 Å². The Morgan fingerprint density at radius 1 is 0.944 bits per heavy atom. The number of aryl methyl sites for hydroxylation is 2. The van der Waals surface area contributed by atoms with Crippen molar-refractivity contribution in [3.05, 3.63) is 70.3 Å². The van der Waals surface area contributed by atoms with Gasteiger partial charge in [-0.05, 0) is 49.1 Å². The van der Waals surface area contributed by atoms with Gasteiger partial charge in [-0.3, -0.25) is 14.4 Å². The third-order valence-electron chi connectivity index (χ3n) is 5.36. The highest BCUT2D eigenvalue weighted by Crippen LogP contribution is 2.29. The van der Waals surface area contributed by atoms with Gasteiger partial charge in [-0.2, -0.15) is 13.2 Å². The summed E-state index contributed by atoms with van der Waals surface area (Å²) in [6.45, 7) is 8.43. The van der Waals surface area contributed by atoms with E-state index in [-0.39, 0.29) is 23.9 Å². The monoisotopic (exact) mass is 506 g/mol. The first-order valence-corrected chi connectivity index (χ1v) is 11.7. The minimum Gasteiger partial charge on any atom is -0.354 e. The molecular weight excluding hydrogens is 473 g/mol. The number of carbonyl (C=O) groups excluding carboxylic acids is 3. The third kappa shape index (κ3) is 9.33. The van der Waals surface area contributed by atoms with Gasteiger partial charge in [0, 0.05) is 25.2 Å². The lowest BCUT2D eigenvalue weighted by Crippen LogP contribution is -2.54. The zero-order valence-corrected chi connectivity index (χ0v) is 20.9. The van der Waals surface area contributed by atoms with Crippen LogP contribution in [0.25, 0.3) is 0 Å². The first-order valence-electron chi connectivity index (χ1n) is 11.7. The largest absolute Gasteiger partial charge is 0.416 e. The molecule has 2 aromatic rings. The molecule has 0 bridgehead atoms. The fourth-order valence-electron chi connectivity index (χ4n) is 3.38. The average molecular weight is 507 g/mol. The first kappa shape index (κ1) is 28.8. The summed E-state index contributed by atoms with van der Waals surface area (Å²) < 4.78 is 38.7. The highest BCUT2D eigenvalue weighted by Gasteiger charge is 2.31. The fraction of sp³-hybridized carbons (Fsp3) is 0.423. The number of hydrogen-bond donors (Lipinski definition) is 4.